The summed E-state index contributed by atoms with van der Waals surface area (Å²) in [5.41, 5.74) is 7.44. The number of ether oxygens (including phenoxy) is 1. The number of hydrogen-bond donors (Lipinski definition) is 1. The zero-order valence-corrected chi connectivity index (χ0v) is 22.1. The van der Waals surface area contributed by atoms with Crippen LogP contribution in [0.15, 0.2) is 72.9 Å². The summed E-state index contributed by atoms with van der Waals surface area (Å²) in [6.07, 6.45) is 2.72. The fraction of sp³-hybridized carbons (Fsp3) is 0.345. The van der Waals surface area contributed by atoms with Crippen molar-refractivity contribution >= 4 is 35.1 Å². The molecule has 3 heterocycles. The lowest BCUT2D eigenvalue weighted by Gasteiger charge is -2.34. The molecule has 9 heteroatoms. The van der Waals surface area contributed by atoms with Crippen molar-refractivity contribution in [1.29, 1.82) is 0 Å². The number of pyridine rings is 1. The number of anilines is 2. The lowest BCUT2D eigenvalue weighted by Crippen LogP contribution is -2.45. The van der Waals surface area contributed by atoms with E-state index in [0.29, 0.717) is 29.5 Å². The van der Waals surface area contributed by atoms with E-state index >= 15 is 0 Å². The number of carbonyl (C=O) groups is 2. The number of aromatic nitrogens is 1. The summed E-state index contributed by atoms with van der Waals surface area (Å²) in [7, 11) is 1.74. The Morgan fingerprint density at radius 2 is 1.71 bits per heavy atom. The van der Waals surface area contributed by atoms with Gasteiger partial charge in [-0.05, 0) is 54.8 Å². The van der Waals surface area contributed by atoms with Crippen LogP contribution in [0.25, 0.3) is 0 Å². The van der Waals surface area contributed by atoms with Crippen LogP contribution in [0.1, 0.15) is 24.3 Å². The van der Waals surface area contributed by atoms with Gasteiger partial charge in [-0.2, -0.15) is 0 Å². The number of rotatable bonds is 5. The van der Waals surface area contributed by atoms with Gasteiger partial charge >= 0.3 is 6.09 Å². The van der Waals surface area contributed by atoms with Gasteiger partial charge in [0.05, 0.1) is 17.9 Å². The van der Waals surface area contributed by atoms with Crippen molar-refractivity contribution in [1.82, 2.24) is 14.8 Å². The van der Waals surface area contributed by atoms with E-state index in [1.807, 2.05) is 59.5 Å². The molecule has 0 unspecified atom stereocenters. The van der Waals surface area contributed by atoms with Crippen molar-refractivity contribution in [3.8, 4) is 5.75 Å². The first kappa shape index (κ1) is 25.9. The quantitative estimate of drug-likeness (QED) is 0.513. The van der Waals surface area contributed by atoms with E-state index in [1.54, 1.807) is 30.3 Å². The second kappa shape index (κ2) is 11.3. The van der Waals surface area contributed by atoms with Gasteiger partial charge in [-0.3, -0.25) is 4.79 Å². The summed E-state index contributed by atoms with van der Waals surface area (Å²) < 4.78 is 5.61. The topological polar surface area (TPSA) is 92.0 Å². The maximum absolute atomic E-state index is 13.7. The van der Waals surface area contributed by atoms with E-state index in [0.717, 1.165) is 37.3 Å². The smallest absolute Gasteiger partial charge is 0.410 e. The number of nitrogens with two attached hydrogens (primary N) is 1. The van der Waals surface area contributed by atoms with E-state index in [9.17, 15) is 9.59 Å². The minimum Gasteiger partial charge on any atom is -0.410 e. The standard InChI is InChI=1S/C29H32ClN5O3/c1-33(29(37)38-24-5-3-2-4-6-24)26-19-35(18-25(26)20-7-9-22(30)10-8-20)28(36)21-13-15-34(16-14-21)27-12-11-23(31)17-32-27/h2-12,17,21,25-26H,13-16,18-19,31H2,1H3/t25-,26+/m0/s1. The van der Waals surface area contributed by atoms with Crippen LogP contribution in [-0.4, -0.2) is 66.1 Å². The van der Waals surface area contributed by atoms with Gasteiger partial charge in [0.15, 0.2) is 0 Å². The van der Waals surface area contributed by atoms with Crippen LogP contribution in [0.4, 0.5) is 16.3 Å². The molecule has 38 heavy (non-hydrogen) atoms. The maximum Gasteiger partial charge on any atom is 0.415 e. The first-order valence-electron chi connectivity index (χ1n) is 12.9. The van der Waals surface area contributed by atoms with Gasteiger partial charge in [-0.15, -0.1) is 0 Å². The molecule has 2 saturated heterocycles. The Morgan fingerprint density at radius 1 is 1.00 bits per heavy atom. The monoisotopic (exact) mass is 533 g/mol. The molecule has 2 aliphatic heterocycles. The third-order valence-corrected chi connectivity index (χ3v) is 7.82. The Morgan fingerprint density at radius 3 is 2.37 bits per heavy atom. The summed E-state index contributed by atoms with van der Waals surface area (Å²) in [4.78, 5) is 36.9. The first-order valence-corrected chi connectivity index (χ1v) is 13.3. The lowest BCUT2D eigenvalue weighted by molar-refractivity contribution is -0.135. The number of carbonyl (C=O) groups excluding carboxylic acids is 2. The largest absolute Gasteiger partial charge is 0.415 e. The highest BCUT2D eigenvalue weighted by Crippen LogP contribution is 2.34. The number of nitrogen functional groups attached to an aromatic ring is 1. The number of benzene rings is 2. The number of nitrogens with zero attached hydrogens (tertiary/aromatic N) is 4. The van der Waals surface area contributed by atoms with Crippen LogP contribution in [0.5, 0.6) is 5.75 Å². The number of hydrogen-bond acceptors (Lipinski definition) is 6. The Bertz CT molecular complexity index is 1250. The molecule has 2 fully saturated rings. The highest BCUT2D eigenvalue weighted by molar-refractivity contribution is 6.30. The Kier molecular flexibility index (Phi) is 7.69. The van der Waals surface area contributed by atoms with E-state index in [-0.39, 0.29) is 23.8 Å². The van der Waals surface area contributed by atoms with Crippen LogP contribution in [0.3, 0.4) is 0 Å². The highest BCUT2D eigenvalue weighted by Gasteiger charge is 2.42. The van der Waals surface area contributed by atoms with Crippen LogP contribution in [0, 0.1) is 5.92 Å². The Balaban J connectivity index is 1.28. The average molecular weight is 534 g/mol. The minimum absolute atomic E-state index is 0.0522. The van der Waals surface area contributed by atoms with Crippen LogP contribution in [-0.2, 0) is 4.79 Å². The molecule has 198 valence electrons. The Labute approximate surface area is 227 Å². The fourth-order valence-electron chi connectivity index (χ4n) is 5.39. The molecule has 2 aromatic carbocycles. The molecule has 5 rings (SSSR count). The molecule has 2 amide bonds. The van der Waals surface area contributed by atoms with Crippen molar-refractivity contribution in [3.05, 3.63) is 83.5 Å². The number of piperidine rings is 1. The van der Waals surface area contributed by atoms with Gasteiger partial charge < -0.3 is 25.2 Å². The summed E-state index contributed by atoms with van der Waals surface area (Å²) in [6, 6.07) is 20.2. The number of amides is 2. The maximum atomic E-state index is 13.7. The summed E-state index contributed by atoms with van der Waals surface area (Å²) in [5, 5.41) is 0.649. The van der Waals surface area contributed by atoms with E-state index < -0.39 is 6.09 Å². The molecule has 8 nitrogen and oxygen atoms in total. The van der Waals surface area contributed by atoms with Gasteiger partial charge in [0, 0.05) is 50.1 Å². The molecule has 0 spiro atoms. The molecule has 2 atom stereocenters. The number of para-hydroxylation sites is 1. The predicted molar refractivity (Wildman–Crippen MR) is 148 cm³/mol. The van der Waals surface area contributed by atoms with Crippen molar-refractivity contribution in [2.75, 3.05) is 43.9 Å². The van der Waals surface area contributed by atoms with Gasteiger partial charge in [0.25, 0.3) is 0 Å². The fourth-order valence-corrected chi connectivity index (χ4v) is 5.52. The number of likely N-dealkylation sites (N-methyl/N-ethyl adjacent to an activating group) is 1. The molecule has 0 saturated carbocycles. The molecule has 0 radical (unpaired) electrons. The molecule has 0 bridgehead atoms. The second-order valence-corrected chi connectivity index (χ2v) is 10.4. The average Bonchev–Trinajstić information content (AvgIpc) is 3.39. The molecule has 0 aliphatic carbocycles. The highest BCUT2D eigenvalue weighted by atomic mass is 35.5. The molecular weight excluding hydrogens is 502 g/mol. The van der Waals surface area contributed by atoms with Crippen molar-refractivity contribution in [2.24, 2.45) is 5.92 Å². The molecule has 3 aromatic rings. The number of likely N-dealkylation sites (tertiary alicyclic amines) is 1. The predicted octanol–water partition coefficient (Wildman–Crippen LogP) is 4.66. The number of halogens is 1. The van der Waals surface area contributed by atoms with E-state index in [4.69, 9.17) is 22.1 Å². The molecule has 1 aromatic heterocycles. The summed E-state index contributed by atoms with van der Waals surface area (Å²) in [6.45, 7) is 2.50. The van der Waals surface area contributed by atoms with Gasteiger partial charge in [0.2, 0.25) is 5.91 Å². The SMILES string of the molecule is CN(C(=O)Oc1ccccc1)[C@@H]1CN(C(=O)C2CCN(c3ccc(N)cn3)CC2)C[C@H]1c1ccc(Cl)cc1. The van der Waals surface area contributed by atoms with Crippen LogP contribution < -0.4 is 15.4 Å². The van der Waals surface area contributed by atoms with Crippen molar-refractivity contribution < 1.29 is 14.3 Å². The van der Waals surface area contributed by atoms with Gasteiger partial charge in [-0.1, -0.05) is 41.9 Å². The van der Waals surface area contributed by atoms with E-state index in [2.05, 4.69) is 9.88 Å². The van der Waals surface area contributed by atoms with E-state index in [1.165, 1.54) is 0 Å². The molecule has 2 aliphatic rings. The summed E-state index contributed by atoms with van der Waals surface area (Å²) in [5.74, 6) is 1.39. The van der Waals surface area contributed by atoms with Crippen LogP contribution in [0.2, 0.25) is 5.02 Å². The molecule has 2 N–H and O–H groups in total. The zero-order chi connectivity index (χ0) is 26.6. The third-order valence-electron chi connectivity index (χ3n) is 7.57. The third kappa shape index (κ3) is 5.70. The normalized spacial score (nSPS) is 19.8. The van der Waals surface area contributed by atoms with Crippen molar-refractivity contribution in [3.63, 3.8) is 0 Å². The zero-order valence-electron chi connectivity index (χ0n) is 21.4. The summed E-state index contributed by atoms with van der Waals surface area (Å²) >= 11 is 6.14. The Hall–Kier alpha value is -3.78. The van der Waals surface area contributed by atoms with Gasteiger partial charge in [0.1, 0.15) is 11.6 Å². The first-order chi connectivity index (χ1) is 18.4. The van der Waals surface area contributed by atoms with Crippen LogP contribution >= 0.6 is 11.6 Å². The minimum atomic E-state index is -0.446. The second-order valence-electron chi connectivity index (χ2n) is 9.97. The molecular formula is C29H32ClN5O3. The van der Waals surface area contributed by atoms with Gasteiger partial charge in [-0.25, -0.2) is 9.78 Å². The van der Waals surface area contributed by atoms with Crippen molar-refractivity contribution in [2.45, 2.75) is 24.8 Å². The lowest BCUT2D eigenvalue weighted by atomic mass is 9.93.